The molecule has 1 aliphatic heterocycles. The van der Waals surface area contributed by atoms with Gasteiger partial charge in [-0.1, -0.05) is 27.7 Å². The molecular formula is C24H36O9. The molecule has 0 aromatic rings. The van der Waals surface area contributed by atoms with Crippen LogP contribution in [0.2, 0.25) is 0 Å². The lowest BCUT2D eigenvalue weighted by Gasteiger charge is -2.40. The highest BCUT2D eigenvalue weighted by Gasteiger charge is 2.59. The molecule has 0 saturated heterocycles. The lowest BCUT2D eigenvalue weighted by Crippen LogP contribution is -2.55. The summed E-state index contributed by atoms with van der Waals surface area (Å²) >= 11 is 0. The first-order chi connectivity index (χ1) is 15.5. The summed E-state index contributed by atoms with van der Waals surface area (Å²) in [4.78, 5) is 36.2. The molecule has 0 aromatic carbocycles. The van der Waals surface area contributed by atoms with Gasteiger partial charge in [0.2, 0.25) is 0 Å². The summed E-state index contributed by atoms with van der Waals surface area (Å²) in [6, 6.07) is 0. The number of ether oxygens (including phenoxy) is 5. The molecule has 1 heterocycles. The maximum Gasteiger partial charge on any atom is 0.309 e. The average Bonchev–Trinajstić information content (AvgIpc) is 2.97. The Kier molecular flexibility index (Phi) is 9.48. The molecule has 186 valence electrons. The van der Waals surface area contributed by atoms with Gasteiger partial charge in [0.15, 0.2) is 6.10 Å². The van der Waals surface area contributed by atoms with Crippen molar-refractivity contribution in [1.29, 1.82) is 0 Å². The molecule has 0 radical (unpaired) electrons. The predicted octanol–water partition coefficient (Wildman–Crippen LogP) is 2.66. The highest BCUT2D eigenvalue weighted by atomic mass is 16.7. The van der Waals surface area contributed by atoms with Crippen molar-refractivity contribution < 1.29 is 43.2 Å². The van der Waals surface area contributed by atoms with E-state index in [-0.39, 0.29) is 37.9 Å². The van der Waals surface area contributed by atoms with Crippen LogP contribution in [0.15, 0.2) is 23.5 Å². The van der Waals surface area contributed by atoms with E-state index in [4.69, 9.17) is 23.7 Å². The summed E-state index contributed by atoms with van der Waals surface area (Å²) < 4.78 is 27.6. The first-order valence-corrected chi connectivity index (χ1v) is 11.4. The smallest absolute Gasteiger partial charge is 0.309 e. The van der Waals surface area contributed by atoms with Gasteiger partial charge in [0.1, 0.15) is 12.2 Å². The monoisotopic (exact) mass is 468 g/mol. The van der Waals surface area contributed by atoms with Crippen molar-refractivity contribution in [2.24, 2.45) is 17.8 Å². The number of aliphatic hydroxyl groups is 1. The molecule has 0 aromatic heterocycles. The zero-order valence-electron chi connectivity index (χ0n) is 20.3. The van der Waals surface area contributed by atoms with Crippen LogP contribution in [0.3, 0.4) is 0 Å². The normalized spacial score (nSPS) is 26.3. The lowest BCUT2D eigenvalue weighted by atomic mass is 9.82. The van der Waals surface area contributed by atoms with Crippen LogP contribution in [-0.4, -0.2) is 60.8 Å². The highest BCUT2D eigenvalue weighted by Crippen LogP contribution is 2.47. The fourth-order valence-corrected chi connectivity index (χ4v) is 3.84. The second kappa shape index (κ2) is 11.7. The standard InChI is InChI=1S/C24H36O9/c1-7-29-13-24(28)19(32-20(26)8-14(2)3)10-18-17(11-30-16(6)25)12-31-23(22(18)24)33-21(27)9-15(4)5/h10,12,14-15,19,22-23,28H,7-9,11,13H2,1-6H3/t19?,22-,23?,24?/m1/s1. The van der Waals surface area contributed by atoms with E-state index in [9.17, 15) is 19.5 Å². The molecule has 0 bridgehead atoms. The molecule has 1 N–H and O–H groups in total. The Morgan fingerprint density at radius 1 is 1.09 bits per heavy atom. The van der Waals surface area contributed by atoms with Crippen LogP contribution in [0.5, 0.6) is 0 Å². The van der Waals surface area contributed by atoms with Gasteiger partial charge in [-0.2, -0.15) is 0 Å². The minimum Gasteiger partial charge on any atom is -0.461 e. The van der Waals surface area contributed by atoms with Crippen molar-refractivity contribution in [3.8, 4) is 0 Å². The van der Waals surface area contributed by atoms with Crippen LogP contribution in [0, 0.1) is 17.8 Å². The van der Waals surface area contributed by atoms with Crippen LogP contribution in [0.25, 0.3) is 0 Å². The third-order valence-electron chi connectivity index (χ3n) is 5.31. The van der Waals surface area contributed by atoms with Gasteiger partial charge in [-0.15, -0.1) is 0 Å². The minimum atomic E-state index is -1.75. The first-order valence-electron chi connectivity index (χ1n) is 11.4. The molecule has 0 amide bonds. The summed E-state index contributed by atoms with van der Waals surface area (Å²) in [5, 5.41) is 11.8. The van der Waals surface area contributed by atoms with E-state index in [0.29, 0.717) is 17.8 Å². The second-order valence-corrected chi connectivity index (χ2v) is 9.25. The Hall–Kier alpha value is -2.39. The molecule has 2 rings (SSSR count). The third-order valence-corrected chi connectivity index (χ3v) is 5.31. The number of hydrogen-bond acceptors (Lipinski definition) is 9. The van der Waals surface area contributed by atoms with Crippen molar-refractivity contribution in [1.82, 2.24) is 0 Å². The number of carbonyl (C=O) groups excluding carboxylic acids is 3. The van der Waals surface area contributed by atoms with Crippen molar-refractivity contribution in [3.63, 3.8) is 0 Å². The van der Waals surface area contributed by atoms with Crippen LogP contribution in [-0.2, 0) is 38.1 Å². The number of hydrogen-bond donors (Lipinski definition) is 1. The molecule has 4 atom stereocenters. The molecule has 0 saturated carbocycles. The van der Waals surface area contributed by atoms with E-state index < -0.39 is 41.8 Å². The van der Waals surface area contributed by atoms with Gasteiger partial charge in [0.25, 0.3) is 6.29 Å². The predicted molar refractivity (Wildman–Crippen MR) is 117 cm³/mol. The number of fused-ring (bicyclic) bond motifs is 1. The van der Waals surface area contributed by atoms with Gasteiger partial charge < -0.3 is 28.8 Å². The van der Waals surface area contributed by atoms with Crippen LogP contribution in [0.4, 0.5) is 0 Å². The fraction of sp³-hybridized carbons (Fsp3) is 0.708. The Bertz CT molecular complexity index is 783. The van der Waals surface area contributed by atoms with E-state index >= 15 is 0 Å². The zero-order valence-corrected chi connectivity index (χ0v) is 20.3. The Balaban J connectivity index is 2.41. The zero-order chi connectivity index (χ0) is 24.8. The largest absolute Gasteiger partial charge is 0.461 e. The van der Waals surface area contributed by atoms with Gasteiger partial charge >= 0.3 is 17.9 Å². The van der Waals surface area contributed by atoms with Crippen LogP contribution < -0.4 is 0 Å². The summed E-state index contributed by atoms with van der Waals surface area (Å²) in [5.41, 5.74) is -0.755. The van der Waals surface area contributed by atoms with Crippen LogP contribution >= 0.6 is 0 Å². The quantitative estimate of drug-likeness (QED) is 0.361. The number of rotatable bonds is 11. The molecule has 0 spiro atoms. The van der Waals surface area contributed by atoms with Crippen molar-refractivity contribution in [3.05, 3.63) is 23.5 Å². The molecule has 33 heavy (non-hydrogen) atoms. The van der Waals surface area contributed by atoms with E-state index in [1.54, 1.807) is 13.0 Å². The van der Waals surface area contributed by atoms with E-state index in [0.717, 1.165) is 0 Å². The third kappa shape index (κ3) is 7.04. The van der Waals surface area contributed by atoms with Gasteiger partial charge in [-0.25, -0.2) is 0 Å². The lowest BCUT2D eigenvalue weighted by molar-refractivity contribution is -0.217. The Labute approximate surface area is 195 Å². The summed E-state index contributed by atoms with van der Waals surface area (Å²) in [6.45, 7) is 10.6. The van der Waals surface area contributed by atoms with E-state index in [1.807, 2.05) is 27.7 Å². The maximum absolute atomic E-state index is 12.4. The SMILES string of the molecule is CCOCC1(O)C(OC(=O)CC(C)C)C=C2C(COC(C)=O)=COC(OC(=O)CC(C)C)[C@@H]21. The van der Waals surface area contributed by atoms with Crippen molar-refractivity contribution >= 4 is 17.9 Å². The average molecular weight is 469 g/mol. The second-order valence-electron chi connectivity index (χ2n) is 9.25. The topological polar surface area (TPSA) is 118 Å². The van der Waals surface area contributed by atoms with Gasteiger partial charge in [-0.05, 0) is 30.4 Å². The minimum absolute atomic E-state index is 0.0707. The van der Waals surface area contributed by atoms with Gasteiger partial charge in [-0.3, -0.25) is 14.4 Å². The highest BCUT2D eigenvalue weighted by molar-refractivity contribution is 5.71. The fourth-order valence-electron chi connectivity index (χ4n) is 3.84. The molecule has 1 aliphatic carbocycles. The Morgan fingerprint density at radius 2 is 1.70 bits per heavy atom. The van der Waals surface area contributed by atoms with E-state index in [1.165, 1.54) is 13.2 Å². The number of esters is 3. The molecule has 3 unspecified atom stereocenters. The summed E-state index contributed by atoms with van der Waals surface area (Å²) in [6.07, 6.45) is 1.06. The van der Waals surface area contributed by atoms with Gasteiger partial charge in [0.05, 0.1) is 18.8 Å². The molecule has 9 heteroatoms. The van der Waals surface area contributed by atoms with Crippen LogP contribution in [0.1, 0.15) is 54.4 Å². The summed E-state index contributed by atoms with van der Waals surface area (Å²) in [5.74, 6) is -2.21. The Morgan fingerprint density at radius 3 is 2.24 bits per heavy atom. The molecule has 0 fully saturated rings. The van der Waals surface area contributed by atoms with Gasteiger partial charge in [0, 0.05) is 31.9 Å². The molecule has 9 nitrogen and oxygen atoms in total. The summed E-state index contributed by atoms with van der Waals surface area (Å²) in [7, 11) is 0. The van der Waals surface area contributed by atoms with E-state index in [2.05, 4.69) is 0 Å². The first kappa shape index (κ1) is 26.9. The number of carbonyl (C=O) groups is 3. The molecule has 2 aliphatic rings. The maximum atomic E-state index is 12.4. The van der Waals surface area contributed by atoms with Crippen molar-refractivity contribution in [2.75, 3.05) is 19.8 Å². The van der Waals surface area contributed by atoms with Crippen molar-refractivity contribution in [2.45, 2.75) is 72.4 Å². The molecular weight excluding hydrogens is 432 g/mol.